The average Bonchev–Trinajstić information content (AvgIpc) is 2.40. The second kappa shape index (κ2) is 5.51. The van der Waals surface area contributed by atoms with Crippen molar-refractivity contribution in [1.29, 1.82) is 0 Å². The molecule has 0 heterocycles. The Bertz CT molecular complexity index is 543. The van der Waals surface area contributed by atoms with Crippen molar-refractivity contribution in [1.82, 2.24) is 4.90 Å². The smallest absolute Gasteiger partial charge is 0.269 e. The van der Waals surface area contributed by atoms with E-state index in [4.69, 9.17) is 5.73 Å². The third-order valence-electron chi connectivity index (χ3n) is 2.18. The highest BCUT2D eigenvalue weighted by atomic mass is 19.2. The van der Waals surface area contributed by atoms with Gasteiger partial charge >= 0.3 is 0 Å². The van der Waals surface area contributed by atoms with E-state index >= 15 is 0 Å². The minimum Gasteiger partial charge on any atom is -0.394 e. The van der Waals surface area contributed by atoms with E-state index < -0.39 is 40.4 Å². The number of rotatable bonds is 3. The van der Waals surface area contributed by atoms with Crippen molar-refractivity contribution in [3.8, 4) is 0 Å². The molecule has 1 aromatic carbocycles. The predicted molar refractivity (Wildman–Crippen MR) is 61.5 cm³/mol. The lowest BCUT2D eigenvalue weighted by molar-refractivity contribution is 0.0880. The number of nitrogens with two attached hydrogens (primary N) is 1. The van der Waals surface area contributed by atoms with E-state index in [2.05, 4.69) is 11.6 Å². The quantitative estimate of drug-likeness (QED) is 0.302. The third-order valence-corrected chi connectivity index (χ3v) is 2.18. The molecule has 2 N–H and O–H groups in total. The maximum Gasteiger partial charge on any atom is 0.269 e. The van der Waals surface area contributed by atoms with Gasteiger partial charge in [-0.1, -0.05) is 6.58 Å². The monoisotopic (exact) mass is 275 g/mol. The lowest BCUT2D eigenvalue weighted by Gasteiger charge is -2.14. The van der Waals surface area contributed by atoms with Gasteiger partial charge in [-0.2, -0.15) is 0 Å². The third kappa shape index (κ3) is 2.42. The standard InChI is InChI=1S/C11H9F4N3O/c1-3-18(4-17-2)11(19)5-6(12)8(14)10(16)9(15)7(5)13/h3-4H,1,16H2,2H3. The van der Waals surface area contributed by atoms with Crippen LogP contribution < -0.4 is 5.73 Å². The maximum atomic E-state index is 13.5. The van der Waals surface area contributed by atoms with E-state index in [1.54, 1.807) is 0 Å². The molecule has 8 heteroatoms. The summed E-state index contributed by atoms with van der Waals surface area (Å²) in [6.07, 6.45) is 1.75. The molecule has 0 unspecified atom stereocenters. The summed E-state index contributed by atoms with van der Waals surface area (Å²) in [4.78, 5) is 15.7. The van der Waals surface area contributed by atoms with Crippen LogP contribution in [0.2, 0.25) is 0 Å². The topological polar surface area (TPSA) is 58.7 Å². The molecule has 0 aliphatic heterocycles. The van der Waals surface area contributed by atoms with Crippen molar-refractivity contribution in [3.63, 3.8) is 0 Å². The molecule has 0 saturated carbocycles. The van der Waals surface area contributed by atoms with E-state index in [9.17, 15) is 22.4 Å². The van der Waals surface area contributed by atoms with Crippen LogP contribution in [0.3, 0.4) is 0 Å². The first-order valence-corrected chi connectivity index (χ1v) is 4.85. The van der Waals surface area contributed by atoms with Crippen molar-refractivity contribution in [2.75, 3.05) is 12.8 Å². The first-order chi connectivity index (χ1) is 8.86. The Morgan fingerprint density at radius 1 is 1.21 bits per heavy atom. The molecule has 0 radical (unpaired) electrons. The number of aliphatic imine (C=N–C) groups is 1. The molecule has 0 spiro atoms. The SMILES string of the molecule is C=CN(C=NC)C(=O)c1c(F)c(F)c(N)c(F)c1F. The van der Waals surface area contributed by atoms with Crippen molar-refractivity contribution in [2.45, 2.75) is 0 Å². The molecule has 1 rings (SSSR count). The van der Waals surface area contributed by atoms with Crippen LogP contribution in [0.5, 0.6) is 0 Å². The molecule has 0 fully saturated rings. The Morgan fingerprint density at radius 2 is 1.68 bits per heavy atom. The summed E-state index contributed by atoms with van der Waals surface area (Å²) in [6.45, 7) is 3.20. The van der Waals surface area contributed by atoms with Crippen molar-refractivity contribution < 1.29 is 22.4 Å². The molecule has 19 heavy (non-hydrogen) atoms. The van der Waals surface area contributed by atoms with Gasteiger partial charge in [0.15, 0.2) is 23.3 Å². The Morgan fingerprint density at radius 3 is 2.05 bits per heavy atom. The summed E-state index contributed by atoms with van der Waals surface area (Å²) in [5.41, 5.74) is 2.07. The normalized spacial score (nSPS) is 10.8. The van der Waals surface area contributed by atoms with E-state index in [1.165, 1.54) is 7.05 Å². The Balaban J connectivity index is 3.51. The van der Waals surface area contributed by atoms with Gasteiger partial charge < -0.3 is 5.73 Å². The van der Waals surface area contributed by atoms with Crippen LogP contribution >= 0.6 is 0 Å². The summed E-state index contributed by atoms with van der Waals surface area (Å²) in [5.74, 6) is -8.79. The highest BCUT2D eigenvalue weighted by molar-refractivity contribution is 6.02. The fourth-order valence-corrected chi connectivity index (χ4v) is 1.27. The molecular formula is C11H9F4N3O. The van der Waals surface area contributed by atoms with Crippen molar-refractivity contribution in [3.05, 3.63) is 41.6 Å². The molecule has 0 saturated heterocycles. The van der Waals surface area contributed by atoms with Crippen LogP contribution in [-0.4, -0.2) is 24.2 Å². The van der Waals surface area contributed by atoms with Gasteiger partial charge in [0.25, 0.3) is 5.91 Å². The van der Waals surface area contributed by atoms with Crippen LogP contribution in [0.1, 0.15) is 10.4 Å². The average molecular weight is 275 g/mol. The Hall–Kier alpha value is -2.38. The summed E-state index contributed by atoms with van der Waals surface area (Å²) in [5, 5.41) is 0. The summed E-state index contributed by atoms with van der Waals surface area (Å²) < 4.78 is 53.4. The summed E-state index contributed by atoms with van der Waals surface area (Å²) >= 11 is 0. The van der Waals surface area contributed by atoms with Crippen LogP contribution in [-0.2, 0) is 0 Å². The van der Waals surface area contributed by atoms with E-state index in [0.717, 1.165) is 12.5 Å². The number of amides is 1. The maximum absolute atomic E-state index is 13.5. The molecule has 0 atom stereocenters. The zero-order chi connectivity index (χ0) is 14.7. The molecule has 0 aliphatic carbocycles. The summed E-state index contributed by atoms with van der Waals surface area (Å²) in [7, 11) is 1.28. The van der Waals surface area contributed by atoms with Crippen LogP contribution in [0.15, 0.2) is 17.8 Å². The van der Waals surface area contributed by atoms with Crippen molar-refractivity contribution in [2.24, 2.45) is 4.99 Å². The Labute approximate surface area is 105 Å². The number of benzene rings is 1. The largest absolute Gasteiger partial charge is 0.394 e. The van der Waals surface area contributed by atoms with Gasteiger partial charge in [0, 0.05) is 13.2 Å². The number of nitrogens with zero attached hydrogens (tertiary/aromatic N) is 2. The second-order valence-electron chi connectivity index (χ2n) is 3.31. The first-order valence-electron chi connectivity index (χ1n) is 4.85. The fraction of sp³-hybridized carbons (Fsp3) is 0.0909. The number of anilines is 1. The number of hydrogen-bond donors (Lipinski definition) is 1. The second-order valence-corrected chi connectivity index (χ2v) is 3.31. The Kier molecular flexibility index (Phi) is 4.26. The predicted octanol–water partition coefficient (Wildman–Crippen LogP) is 2.07. The van der Waals surface area contributed by atoms with E-state index in [1.807, 2.05) is 0 Å². The summed E-state index contributed by atoms with van der Waals surface area (Å²) in [6, 6.07) is 0. The van der Waals surface area contributed by atoms with Gasteiger partial charge in [-0.05, 0) is 0 Å². The van der Waals surface area contributed by atoms with Crippen LogP contribution in [0, 0.1) is 23.3 Å². The number of hydrogen-bond acceptors (Lipinski definition) is 3. The van der Waals surface area contributed by atoms with Gasteiger partial charge in [-0.25, -0.2) is 17.6 Å². The van der Waals surface area contributed by atoms with E-state index in [-0.39, 0.29) is 0 Å². The fourth-order valence-electron chi connectivity index (χ4n) is 1.27. The molecule has 102 valence electrons. The molecule has 0 aromatic heterocycles. The molecule has 4 nitrogen and oxygen atoms in total. The number of nitrogen functional groups attached to an aromatic ring is 1. The number of carbonyl (C=O) groups is 1. The van der Waals surface area contributed by atoms with Gasteiger partial charge in [0.05, 0.1) is 6.34 Å². The van der Waals surface area contributed by atoms with Gasteiger partial charge in [0.2, 0.25) is 0 Å². The molecule has 1 amide bonds. The van der Waals surface area contributed by atoms with Crippen molar-refractivity contribution >= 4 is 17.9 Å². The van der Waals surface area contributed by atoms with Crippen LogP contribution in [0.25, 0.3) is 0 Å². The lowest BCUT2D eigenvalue weighted by Crippen LogP contribution is -2.27. The number of carbonyl (C=O) groups excluding carboxylic acids is 1. The van der Waals surface area contributed by atoms with Crippen LogP contribution in [0.4, 0.5) is 23.2 Å². The molecule has 0 bridgehead atoms. The lowest BCUT2D eigenvalue weighted by atomic mass is 10.1. The number of halogens is 4. The van der Waals surface area contributed by atoms with Gasteiger partial charge in [-0.15, -0.1) is 0 Å². The first kappa shape index (κ1) is 14.7. The minimum atomic E-state index is -1.88. The molecule has 1 aromatic rings. The zero-order valence-corrected chi connectivity index (χ0v) is 9.75. The van der Waals surface area contributed by atoms with Gasteiger partial charge in [-0.3, -0.25) is 14.7 Å². The minimum absolute atomic E-state index is 0.566. The van der Waals surface area contributed by atoms with Gasteiger partial charge in [0.1, 0.15) is 11.3 Å². The highest BCUT2D eigenvalue weighted by Gasteiger charge is 2.29. The van der Waals surface area contributed by atoms with E-state index in [0.29, 0.717) is 4.90 Å². The molecular weight excluding hydrogens is 266 g/mol. The zero-order valence-electron chi connectivity index (χ0n) is 9.75. The molecule has 0 aliphatic rings. The highest BCUT2D eigenvalue weighted by Crippen LogP contribution is 2.26.